The van der Waals surface area contributed by atoms with Gasteiger partial charge < -0.3 is 15.4 Å². The number of alkyl halides is 3. The summed E-state index contributed by atoms with van der Waals surface area (Å²) in [4.78, 5) is 16.6. The van der Waals surface area contributed by atoms with Crippen molar-refractivity contribution < 1.29 is 22.7 Å². The van der Waals surface area contributed by atoms with Crippen molar-refractivity contribution in [1.29, 1.82) is 0 Å². The van der Waals surface area contributed by atoms with E-state index in [1.54, 1.807) is 12.1 Å². The molecule has 0 unspecified atom stereocenters. The Morgan fingerprint density at radius 2 is 2.00 bits per heavy atom. The summed E-state index contributed by atoms with van der Waals surface area (Å²) in [6, 6.07) is 7.63. The minimum absolute atomic E-state index is 0.0226. The molecular formula is C23H24F3N5O2. The highest BCUT2D eigenvalue weighted by molar-refractivity contribution is 5.94. The Morgan fingerprint density at radius 1 is 1.15 bits per heavy atom. The molecule has 1 aliphatic heterocycles. The number of benzene rings is 1. The number of H-pyrrole nitrogens is 1. The van der Waals surface area contributed by atoms with E-state index in [-0.39, 0.29) is 18.0 Å². The number of nitrogens with zero attached hydrogens (tertiary/aromatic N) is 2. The van der Waals surface area contributed by atoms with Crippen molar-refractivity contribution in [2.45, 2.75) is 57.0 Å². The predicted octanol–water partition coefficient (Wildman–Crippen LogP) is 4.20. The molecule has 10 heteroatoms. The molecule has 2 aromatic heterocycles. The fraction of sp³-hybridized carbons (Fsp3) is 0.435. The van der Waals surface area contributed by atoms with Crippen LogP contribution in [0.4, 0.5) is 18.9 Å². The van der Waals surface area contributed by atoms with Crippen molar-refractivity contribution in [2.75, 3.05) is 11.9 Å². The van der Waals surface area contributed by atoms with E-state index in [1.807, 2.05) is 6.07 Å². The predicted molar refractivity (Wildman–Crippen MR) is 116 cm³/mol. The van der Waals surface area contributed by atoms with Gasteiger partial charge in [-0.3, -0.25) is 9.89 Å². The van der Waals surface area contributed by atoms with E-state index in [1.165, 1.54) is 6.07 Å². The Labute approximate surface area is 188 Å². The van der Waals surface area contributed by atoms with Crippen molar-refractivity contribution in [3.8, 4) is 0 Å². The van der Waals surface area contributed by atoms with Crippen LogP contribution in [-0.2, 0) is 23.9 Å². The van der Waals surface area contributed by atoms with E-state index < -0.39 is 11.9 Å². The van der Waals surface area contributed by atoms with Gasteiger partial charge in [-0.05, 0) is 49.9 Å². The van der Waals surface area contributed by atoms with E-state index in [9.17, 15) is 18.0 Å². The SMILES string of the molecule is O=C(N[C@@H]1CCC[C@H](Nc2cccc3nc(C(F)(F)F)ccc23)C1)c1n[nH]c2c1COCC2. The number of ether oxygens (including phenoxy) is 1. The lowest BCUT2D eigenvalue weighted by Crippen LogP contribution is -2.42. The Morgan fingerprint density at radius 3 is 2.85 bits per heavy atom. The maximum atomic E-state index is 13.0. The molecule has 0 bridgehead atoms. The van der Waals surface area contributed by atoms with Gasteiger partial charge in [0.15, 0.2) is 5.69 Å². The van der Waals surface area contributed by atoms with Crippen LogP contribution >= 0.6 is 0 Å². The van der Waals surface area contributed by atoms with Crippen molar-refractivity contribution in [3.05, 3.63) is 53.0 Å². The zero-order valence-corrected chi connectivity index (χ0v) is 17.8. The highest BCUT2D eigenvalue weighted by Crippen LogP contribution is 2.32. The molecule has 3 heterocycles. The van der Waals surface area contributed by atoms with Gasteiger partial charge >= 0.3 is 6.18 Å². The van der Waals surface area contributed by atoms with Crippen molar-refractivity contribution in [2.24, 2.45) is 0 Å². The van der Waals surface area contributed by atoms with Gasteiger partial charge in [0.25, 0.3) is 5.91 Å². The average molecular weight is 459 g/mol. The summed E-state index contributed by atoms with van der Waals surface area (Å²) in [6.45, 7) is 1.00. The van der Waals surface area contributed by atoms with Crippen molar-refractivity contribution in [1.82, 2.24) is 20.5 Å². The third-order valence-electron chi connectivity index (χ3n) is 6.30. The molecule has 1 fully saturated rings. The second kappa shape index (κ2) is 8.66. The molecule has 1 aliphatic carbocycles. The minimum atomic E-state index is -4.48. The molecule has 174 valence electrons. The molecule has 7 nitrogen and oxygen atoms in total. The van der Waals surface area contributed by atoms with Gasteiger partial charge in [0.1, 0.15) is 5.69 Å². The van der Waals surface area contributed by atoms with E-state index in [4.69, 9.17) is 4.74 Å². The third-order valence-corrected chi connectivity index (χ3v) is 6.30. The number of amides is 1. The smallest absolute Gasteiger partial charge is 0.382 e. The monoisotopic (exact) mass is 459 g/mol. The number of hydrogen-bond donors (Lipinski definition) is 3. The highest BCUT2D eigenvalue weighted by atomic mass is 19.4. The molecule has 0 saturated heterocycles. The number of hydrogen-bond acceptors (Lipinski definition) is 5. The molecule has 5 rings (SSSR count). The molecule has 33 heavy (non-hydrogen) atoms. The van der Waals surface area contributed by atoms with E-state index in [0.29, 0.717) is 36.2 Å². The quantitative estimate of drug-likeness (QED) is 0.544. The summed E-state index contributed by atoms with van der Waals surface area (Å²) in [5.41, 5.74) is 2.29. The molecule has 1 aromatic carbocycles. The Kier molecular flexibility index (Phi) is 5.69. The van der Waals surface area contributed by atoms with Gasteiger partial charge in [0.05, 0.1) is 18.7 Å². The molecular weight excluding hydrogens is 435 g/mol. The first-order valence-corrected chi connectivity index (χ1v) is 11.1. The second-order valence-electron chi connectivity index (χ2n) is 8.58. The summed E-state index contributed by atoms with van der Waals surface area (Å²) in [7, 11) is 0. The molecule has 0 radical (unpaired) electrons. The lowest BCUT2D eigenvalue weighted by atomic mass is 9.90. The van der Waals surface area contributed by atoms with Crippen LogP contribution in [0.1, 0.15) is 53.1 Å². The number of nitrogens with one attached hydrogen (secondary N) is 3. The normalized spacial score (nSPS) is 20.9. The number of carbonyl (C=O) groups excluding carboxylic acids is 1. The standard InChI is InChI=1S/C23H24F3N5O2/c24-23(25,26)20-8-7-15-17(5-2-6-18(15)29-20)27-13-3-1-4-14(11-13)28-22(32)21-16-12-33-10-9-19(16)30-31-21/h2,5-8,13-14,27H,1,3-4,9-12H2,(H,28,32)(H,30,31)/t13-,14+/m0/s1. The Hall–Kier alpha value is -3.14. The van der Waals surface area contributed by atoms with E-state index >= 15 is 0 Å². The minimum Gasteiger partial charge on any atom is -0.382 e. The highest BCUT2D eigenvalue weighted by Gasteiger charge is 2.33. The van der Waals surface area contributed by atoms with Gasteiger partial charge in [-0.1, -0.05) is 6.07 Å². The van der Waals surface area contributed by atoms with Crippen LogP contribution < -0.4 is 10.6 Å². The van der Waals surface area contributed by atoms with Crippen LogP contribution in [0.25, 0.3) is 10.9 Å². The number of carbonyl (C=O) groups is 1. The zero-order valence-electron chi connectivity index (χ0n) is 17.8. The maximum Gasteiger partial charge on any atom is 0.433 e. The summed E-state index contributed by atoms with van der Waals surface area (Å²) >= 11 is 0. The van der Waals surface area contributed by atoms with Gasteiger partial charge in [0, 0.05) is 40.8 Å². The van der Waals surface area contributed by atoms with Crippen LogP contribution in [-0.4, -0.2) is 39.8 Å². The first-order valence-electron chi connectivity index (χ1n) is 11.1. The molecule has 2 aliphatic rings. The maximum absolute atomic E-state index is 13.0. The van der Waals surface area contributed by atoms with E-state index in [0.717, 1.165) is 48.7 Å². The molecule has 1 saturated carbocycles. The number of pyridine rings is 1. The third kappa shape index (κ3) is 4.52. The van der Waals surface area contributed by atoms with Gasteiger partial charge in [-0.15, -0.1) is 0 Å². The van der Waals surface area contributed by atoms with Crippen molar-refractivity contribution in [3.63, 3.8) is 0 Å². The van der Waals surface area contributed by atoms with Crippen LogP contribution in [0.5, 0.6) is 0 Å². The van der Waals surface area contributed by atoms with Crippen LogP contribution in [0.2, 0.25) is 0 Å². The van der Waals surface area contributed by atoms with Crippen LogP contribution in [0.15, 0.2) is 30.3 Å². The summed E-state index contributed by atoms with van der Waals surface area (Å²) < 4.78 is 44.5. The first-order chi connectivity index (χ1) is 15.9. The molecule has 2 atom stereocenters. The molecule has 1 amide bonds. The van der Waals surface area contributed by atoms with Gasteiger partial charge in [0.2, 0.25) is 0 Å². The van der Waals surface area contributed by atoms with Gasteiger partial charge in [-0.2, -0.15) is 18.3 Å². The Bertz CT molecular complexity index is 1180. The molecule has 3 aromatic rings. The fourth-order valence-corrected chi connectivity index (χ4v) is 4.66. The van der Waals surface area contributed by atoms with Crippen LogP contribution in [0.3, 0.4) is 0 Å². The molecule has 0 spiro atoms. The number of aromatic amines is 1. The number of aromatic nitrogens is 3. The number of fused-ring (bicyclic) bond motifs is 2. The summed E-state index contributed by atoms with van der Waals surface area (Å²) in [5.74, 6) is -0.210. The topological polar surface area (TPSA) is 91.9 Å². The lowest BCUT2D eigenvalue weighted by molar-refractivity contribution is -0.140. The first kappa shape index (κ1) is 21.7. The number of anilines is 1. The van der Waals surface area contributed by atoms with Crippen LogP contribution in [0, 0.1) is 0 Å². The summed E-state index contributed by atoms with van der Waals surface area (Å²) in [6.07, 6.45) is -0.367. The average Bonchev–Trinajstić information content (AvgIpc) is 3.23. The van der Waals surface area contributed by atoms with E-state index in [2.05, 4.69) is 25.8 Å². The fourth-order valence-electron chi connectivity index (χ4n) is 4.66. The van der Waals surface area contributed by atoms with Gasteiger partial charge in [-0.25, -0.2) is 4.98 Å². The van der Waals surface area contributed by atoms with Crippen molar-refractivity contribution >= 4 is 22.5 Å². The number of halogens is 3. The molecule has 3 N–H and O–H groups in total. The summed E-state index contributed by atoms with van der Waals surface area (Å²) in [5, 5.41) is 14.3. The lowest BCUT2D eigenvalue weighted by Gasteiger charge is -2.31. The number of rotatable bonds is 4. The zero-order chi connectivity index (χ0) is 23.0. The Balaban J connectivity index is 1.27. The largest absolute Gasteiger partial charge is 0.433 e. The second-order valence-corrected chi connectivity index (χ2v) is 8.58.